The van der Waals surface area contributed by atoms with Crippen molar-refractivity contribution in [3.8, 4) is 28.5 Å². The molecule has 238 valence electrons. The van der Waals surface area contributed by atoms with Crippen molar-refractivity contribution >= 4 is 17.4 Å². The number of carbonyl (C=O) groups is 1. The number of thiazole rings is 1. The number of hydrogen-bond acceptors (Lipinski definition) is 5. The molecule has 1 aliphatic rings. The van der Waals surface area contributed by atoms with Gasteiger partial charge in [-0.05, 0) is 79.5 Å². The molecule has 0 bridgehead atoms. The van der Waals surface area contributed by atoms with Crippen molar-refractivity contribution in [3.63, 3.8) is 0 Å². The van der Waals surface area contributed by atoms with E-state index in [1.165, 1.54) is 57.7 Å². The molecule has 46 heavy (non-hydrogen) atoms. The molecule has 0 aliphatic heterocycles. The smallest absolute Gasteiger partial charge is 0.406 e. The van der Waals surface area contributed by atoms with Gasteiger partial charge in [0, 0.05) is 22.7 Å². The summed E-state index contributed by atoms with van der Waals surface area (Å²) >= 11 is 1.46. The summed E-state index contributed by atoms with van der Waals surface area (Å²) in [6.45, 7) is 6.34. The molecule has 0 spiro atoms. The Morgan fingerprint density at radius 2 is 1.78 bits per heavy atom. The molecule has 3 aromatic carbocycles. The van der Waals surface area contributed by atoms with Crippen LogP contribution in [0, 0.1) is 6.92 Å². The van der Waals surface area contributed by atoms with E-state index in [9.17, 15) is 18.0 Å². The monoisotopic (exact) mass is 646 g/mol. The van der Waals surface area contributed by atoms with Crippen LogP contribution in [-0.2, 0) is 0 Å². The van der Waals surface area contributed by atoms with Gasteiger partial charge in [-0.2, -0.15) is 4.99 Å². The van der Waals surface area contributed by atoms with E-state index in [0.29, 0.717) is 28.1 Å². The van der Waals surface area contributed by atoms with E-state index in [1.807, 2.05) is 36.6 Å². The van der Waals surface area contributed by atoms with Gasteiger partial charge in [0.2, 0.25) is 0 Å². The highest BCUT2D eigenvalue weighted by molar-refractivity contribution is 7.07. The minimum Gasteiger partial charge on any atom is -0.406 e. The lowest BCUT2D eigenvalue weighted by Gasteiger charge is -2.15. The Hall–Kier alpha value is -4.71. The first-order valence-electron chi connectivity index (χ1n) is 15.0. The normalized spacial score (nSPS) is 17.1. The SMILES string of the molecule is Cc1csc(=NC(=O)NC2CCC(c3ccc(-c4ncn(-c5ccc(OC(F)(F)F)cc5)n4)cc3)C2)n1-c1ccccc1C(C)C. The van der Waals surface area contributed by atoms with Crippen molar-refractivity contribution in [2.75, 3.05) is 0 Å². The first kappa shape index (κ1) is 31.3. The molecule has 1 aliphatic carbocycles. The fraction of sp³-hybridized carbons (Fsp3) is 0.294. The summed E-state index contributed by atoms with van der Waals surface area (Å²) in [5.41, 5.74) is 5.83. The molecule has 0 saturated heterocycles. The molecule has 2 unspecified atom stereocenters. The standard InChI is InChI=1S/C34H33F3N6O2S/c1-21(2)29-6-4-5-7-30(29)43-22(3)19-46-33(43)40-32(44)39-26-13-12-25(18-26)23-8-10-24(11-9-23)31-38-20-42(41-31)27-14-16-28(17-15-27)45-34(35,36)37/h4-11,14-17,19-21,25-26H,12-13,18H2,1-3H3,(H,39,44). The number of benzene rings is 3. The lowest BCUT2D eigenvalue weighted by Crippen LogP contribution is -2.32. The minimum atomic E-state index is -4.74. The van der Waals surface area contributed by atoms with E-state index in [1.54, 1.807) is 0 Å². The van der Waals surface area contributed by atoms with Gasteiger partial charge < -0.3 is 10.1 Å². The highest BCUT2D eigenvalue weighted by Crippen LogP contribution is 2.35. The van der Waals surface area contributed by atoms with Crippen LogP contribution in [0.3, 0.4) is 0 Å². The summed E-state index contributed by atoms with van der Waals surface area (Å²) in [5, 5.41) is 9.63. The number of carbonyl (C=O) groups excluding carboxylic acids is 1. The van der Waals surface area contributed by atoms with Crippen LogP contribution in [0.4, 0.5) is 18.0 Å². The molecular weight excluding hydrogens is 613 g/mol. The average Bonchev–Trinajstić information content (AvgIpc) is 3.78. The molecule has 8 nitrogen and oxygen atoms in total. The van der Waals surface area contributed by atoms with Gasteiger partial charge in [-0.15, -0.1) is 29.6 Å². The molecule has 0 radical (unpaired) electrons. The van der Waals surface area contributed by atoms with Crippen molar-refractivity contribution in [1.29, 1.82) is 0 Å². The van der Waals surface area contributed by atoms with Crippen molar-refractivity contribution in [2.24, 2.45) is 4.99 Å². The Labute approximate surface area is 268 Å². The number of urea groups is 1. The van der Waals surface area contributed by atoms with Crippen LogP contribution in [0.2, 0.25) is 0 Å². The second-order valence-electron chi connectivity index (χ2n) is 11.7. The zero-order valence-electron chi connectivity index (χ0n) is 25.5. The Bertz CT molecular complexity index is 1890. The van der Waals surface area contributed by atoms with Gasteiger partial charge in [0.25, 0.3) is 0 Å². The molecule has 2 atom stereocenters. The first-order valence-corrected chi connectivity index (χ1v) is 15.9. The summed E-state index contributed by atoms with van der Waals surface area (Å²) in [7, 11) is 0. The van der Waals surface area contributed by atoms with Crippen molar-refractivity contribution in [3.05, 3.63) is 106 Å². The molecule has 1 N–H and O–H groups in total. The summed E-state index contributed by atoms with van der Waals surface area (Å²) in [6.07, 6.45) is -0.593. The van der Waals surface area contributed by atoms with Gasteiger partial charge in [0.1, 0.15) is 12.1 Å². The molecule has 2 heterocycles. The second-order valence-corrected chi connectivity index (χ2v) is 12.5. The van der Waals surface area contributed by atoms with E-state index in [0.717, 1.165) is 36.2 Å². The topological polar surface area (TPSA) is 86.3 Å². The Balaban J connectivity index is 1.09. The van der Waals surface area contributed by atoms with Crippen LogP contribution in [-0.4, -0.2) is 37.8 Å². The van der Waals surface area contributed by atoms with Crippen LogP contribution in [0.15, 0.2) is 89.5 Å². The van der Waals surface area contributed by atoms with E-state index in [-0.39, 0.29) is 17.8 Å². The molecule has 6 rings (SSSR count). The maximum absolute atomic E-state index is 13.0. The number of nitrogens with one attached hydrogen (secondary N) is 1. The highest BCUT2D eigenvalue weighted by Gasteiger charge is 2.31. The predicted octanol–water partition coefficient (Wildman–Crippen LogP) is 8.06. The molecular formula is C34H33F3N6O2S. The summed E-state index contributed by atoms with van der Waals surface area (Å²) in [5.74, 6) is 0.828. The van der Waals surface area contributed by atoms with Crippen LogP contribution in [0.25, 0.3) is 22.8 Å². The third-order valence-corrected chi connectivity index (χ3v) is 9.05. The second kappa shape index (κ2) is 13.0. The number of para-hydroxylation sites is 1. The summed E-state index contributed by atoms with van der Waals surface area (Å²) in [4.78, 5) is 22.5. The largest absolute Gasteiger partial charge is 0.573 e. The summed E-state index contributed by atoms with van der Waals surface area (Å²) < 4.78 is 44.8. The number of nitrogens with zero attached hydrogens (tertiary/aromatic N) is 5. The summed E-state index contributed by atoms with van der Waals surface area (Å²) in [6, 6.07) is 21.4. The molecule has 1 fully saturated rings. The fourth-order valence-corrected chi connectivity index (χ4v) is 6.74. The Morgan fingerprint density at radius 1 is 1.04 bits per heavy atom. The number of halogens is 3. The number of amides is 2. The van der Waals surface area contributed by atoms with E-state index in [2.05, 4.69) is 67.8 Å². The molecule has 12 heteroatoms. The average molecular weight is 647 g/mol. The Morgan fingerprint density at radius 3 is 2.50 bits per heavy atom. The van der Waals surface area contributed by atoms with E-state index < -0.39 is 6.36 Å². The van der Waals surface area contributed by atoms with Crippen LogP contribution >= 0.6 is 11.3 Å². The maximum atomic E-state index is 13.0. The predicted molar refractivity (Wildman–Crippen MR) is 170 cm³/mol. The number of aryl methyl sites for hydroxylation is 1. The van der Waals surface area contributed by atoms with Gasteiger partial charge >= 0.3 is 12.4 Å². The number of hydrogen-bond donors (Lipinski definition) is 1. The third kappa shape index (κ3) is 7.07. The van der Waals surface area contributed by atoms with Crippen molar-refractivity contribution in [1.82, 2.24) is 24.6 Å². The van der Waals surface area contributed by atoms with E-state index >= 15 is 0 Å². The number of aromatic nitrogens is 4. The lowest BCUT2D eigenvalue weighted by atomic mass is 9.96. The minimum absolute atomic E-state index is 0.0312. The third-order valence-electron chi connectivity index (χ3n) is 8.10. The first-order chi connectivity index (χ1) is 22.0. The zero-order chi connectivity index (χ0) is 32.4. The number of rotatable bonds is 7. The molecule has 1 saturated carbocycles. The number of ether oxygens (including phenoxy) is 1. The van der Waals surface area contributed by atoms with Gasteiger partial charge in [-0.3, -0.25) is 4.57 Å². The van der Waals surface area contributed by atoms with Crippen molar-refractivity contribution in [2.45, 2.75) is 64.3 Å². The maximum Gasteiger partial charge on any atom is 0.573 e. The van der Waals surface area contributed by atoms with Gasteiger partial charge in [-0.1, -0.05) is 56.3 Å². The highest BCUT2D eigenvalue weighted by atomic mass is 32.1. The van der Waals surface area contributed by atoms with Gasteiger partial charge in [0.15, 0.2) is 10.6 Å². The van der Waals surface area contributed by atoms with Gasteiger partial charge in [-0.25, -0.2) is 14.5 Å². The van der Waals surface area contributed by atoms with Gasteiger partial charge in [0.05, 0.1) is 11.4 Å². The number of alkyl halides is 3. The Kier molecular flexibility index (Phi) is 8.81. The quantitative estimate of drug-likeness (QED) is 0.194. The van der Waals surface area contributed by atoms with E-state index in [4.69, 9.17) is 0 Å². The van der Waals surface area contributed by atoms with Crippen LogP contribution in [0.1, 0.15) is 61.8 Å². The lowest BCUT2D eigenvalue weighted by molar-refractivity contribution is -0.274. The van der Waals surface area contributed by atoms with Crippen LogP contribution < -0.4 is 14.9 Å². The van der Waals surface area contributed by atoms with Crippen molar-refractivity contribution < 1.29 is 22.7 Å². The molecule has 2 amide bonds. The molecule has 5 aromatic rings. The molecule has 2 aromatic heterocycles. The fourth-order valence-electron chi connectivity index (χ4n) is 5.88. The zero-order valence-corrected chi connectivity index (χ0v) is 26.3. The van der Waals surface area contributed by atoms with Crippen LogP contribution in [0.5, 0.6) is 5.75 Å².